The van der Waals surface area contributed by atoms with Crippen LogP contribution in [0, 0.1) is 25.2 Å². The summed E-state index contributed by atoms with van der Waals surface area (Å²) < 4.78 is 0. The first kappa shape index (κ1) is 13.6. The topological polar surface area (TPSA) is 52.9 Å². The van der Waals surface area contributed by atoms with E-state index in [1.54, 1.807) is 29.5 Å². The van der Waals surface area contributed by atoms with E-state index in [1.165, 1.54) is 0 Å². The van der Waals surface area contributed by atoms with Crippen LogP contribution < -0.4 is 5.32 Å². The van der Waals surface area contributed by atoms with Crippen LogP contribution in [0.15, 0.2) is 24.3 Å². The van der Waals surface area contributed by atoms with Gasteiger partial charge in [0.1, 0.15) is 6.07 Å². The van der Waals surface area contributed by atoms with Crippen molar-refractivity contribution in [3.8, 4) is 6.07 Å². The number of carbonyl (C=O) groups is 1. The molecule has 1 heterocycles. The number of hydrogen-bond acceptors (Lipinski definition) is 3. The van der Waals surface area contributed by atoms with E-state index in [-0.39, 0.29) is 5.91 Å². The quantitative estimate of drug-likeness (QED) is 0.903. The third kappa shape index (κ3) is 2.95. The SMILES string of the molecule is Cc1cc(C(=O)Nc2ccc(C#N)c(Cl)c2)c(C)s1. The third-order valence-corrected chi connectivity index (χ3v) is 3.91. The van der Waals surface area contributed by atoms with E-state index in [4.69, 9.17) is 16.9 Å². The molecule has 5 heteroatoms. The van der Waals surface area contributed by atoms with Crippen LogP contribution in [0.3, 0.4) is 0 Å². The number of rotatable bonds is 2. The van der Waals surface area contributed by atoms with Crippen molar-refractivity contribution >= 4 is 34.5 Å². The van der Waals surface area contributed by atoms with Gasteiger partial charge in [0.15, 0.2) is 0 Å². The van der Waals surface area contributed by atoms with Crippen molar-refractivity contribution in [2.45, 2.75) is 13.8 Å². The van der Waals surface area contributed by atoms with E-state index in [9.17, 15) is 4.79 Å². The monoisotopic (exact) mass is 290 g/mol. The van der Waals surface area contributed by atoms with Crippen molar-refractivity contribution in [2.24, 2.45) is 0 Å². The van der Waals surface area contributed by atoms with Crippen LogP contribution >= 0.6 is 22.9 Å². The second-order valence-corrected chi connectivity index (χ2v) is 5.96. The van der Waals surface area contributed by atoms with Gasteiger partial charge in [0, 0.05) is 15.4 Å². The second-order valence-electron chi connectivity index (χ2n) is 4.09. The van der Waals surface area contributed by atoms with Gasteiger partial charge in [-0.05, 0) is 38.1 Å². The van der Waals surface area contributed by atoms with Gasteiger partial charge >= 0.3 is 0 Å². The Labute approximate surface area is 120 Å². The minimum atomic E-state index is -0.164. The molecule has 0 bridgehead atoms. The summed E-state index contributed by atoms with van der Waals surface area (Å²) in [5, 5.41) is 11.9. The predicted octanol–water partition coefficient (Wildman–Crippen LogP) is 4.14. The van der Waals surface area contributed by atoms with Crippen molar-refractivity contribution < 1.29 is 4.79 Å². The van der Waals surface area contributed by atoms with Gasteiger partial charge in [-0.1, -0.05) is 11.6 Å². The Morgan fingerprint density at radius 3 is 2.63 bits per heavy atom. The smallest absolute Gasteiger partial charge is 0.256 e. The zero-order valence-corrected chi connectivity index (χ0v) is 12.0. The lowest BCUT2D eigenvalue weighted by Crippen LogP contribution is -2.12. The number of halogens is 1. The Hall–Kier alpha value is -1.83. The van der Waals surface area contributed by atoms with Crippen molar-refractivity contribution in [1.82, 2.24) is 0 Å². The number of nitrogens with zero attached hydrogens (tertiary/aromatic N) is 1. The lowest BCUT2D eigenvalue weighted by molar-refractivity contribution is 0.102. The molecular formula is C14H11ClN2OS. The number of nitriles is 1. The number of benzene rings is 1. The first-order valence-electron chi connectivity index (χ1n) is 5.59. The molecule has 2 aromatic rings. The maximum absolute atomic E-state index is 12.1. The van der Waals surface area contributed by atoms with Crippen molar-refractivity contribution in [1.29, 1.82) is 5.26 Å². The van der Waals surface area contributed by atoms with Crippen molar-refractivity contribution in [3.05, 3.63) is 50.2 Å². The van der Waals surface area contributed by atoms with Crippen molar-refractivity contribution in [2.75, 3.05) is 5.32 Å². The number of carbonyl (C=O) groups excluding carboxylic acids is 1. The van der Waals surface area contributed by atoms with Crippen LogP contribution in [0.1, 0.15) is 25.7 Å². The summed E-state index contributed by atoms with van der Waals surface area (Å²) in [7, 11) is 0. The van der Waals surface area contributed by atoms with Crippen LogP contribution in [0.5, 0.6) is 0 Å². The standard InChI is InChI=1S/C14H11ClN2OS/c1-8-5-12(9(2)19-8)14(18)17-11-4-3-10(7-16)13(15)6-11/h3-6H,1-2H3,(H,17,18). The predicted molar refractivity (Wildman–Crippen MR) is 77.9 cm³/mol. The summed E-state index contributed by atoms with van der Waals surface area (Å²) >= 11 is 7.51. The average molecular weight is 291 g/mol. The van der Waals surface area contributed by atoms with Gasteiger partial charge in [-0.25, -0.2) is 0 Å². The Bertz CT molecular complexity index is 685. The number of amides is 1. The molecule has 1 aromatic heterocycles. The number of nitrogens with one attached hydrogen (secondary N) is 1. The summed E-state index contributed by atoms with van der Waals surface area (Å²) in [6, 6.07) is 8.67. The normalized spacial score (nSPS) is 10.0. The van der Waals surface area contributed by atoms with E-state index in [2.05, 4.69) is 5.32 Å². The number of hydrogen-bond donors (Lipinski definition) is 1. The molecule has 0 unspecified atom stereocenters. The molecule has 0 saturated carbocycles. The summed E-state index contributed by atoms with van der Waals surface area (Å²) in [5.41, 5.74) is 1.64. The fourth-order valence-corrected chi connectivity index (χ4v) is 2.88. The highest BCUT2D eigenvalue weighted by Crippen LogP contribution is 2.24. The van der Waals surface area contributed by atoms with E-state index in [0.717, 1.165) is 9.75 Å². The van der Waals surface area contributed by atoms with Gasteiger partial charge in [0.05, 0.1) is 16.1 Å². The fraction of sp³-hybridized carbons (Fsp3) is 0.143. The largest absolute Gasteiger partial charge is 0.322 e. The minimum absolute atomic E-state index is 0.164. The maximum Gasteiger partial charge on any atom is 0.256 e. The van der Waals surface area contributed by atoms with E-state index in [0.29, 0.717) is 21.8 Å². The summed E-state index contributed by atoms with van der Waals surface area (Å²) in [5.74, 6) is -0.164. The molecule has 1 aromatic carbocycles. The lowest BCUT2D eigenvalue weighted by Gasteiger charge is -2.05. The van der Waals surface area contributed by atoms with E-state index >= 15 is 0 Å². The molecule has 3 nitrogen and oxygen atoms in total. The Kier molecular flexibility index (Phi) is 3.89. The molecule has 0 aliphatic heterocycles. The molecule has 0 aliphatic rings. The third-order valence-electron chi connectivity index (χ3n) is 2.63. The van der Waals surface area contributed by atoms with Crippen molar-refractivity contribution in [3.63, 3.8) is 0 Å². The minimum Gasteiger partial charge on any atom is -0.322 e. The molecule has 0 atom stereocenters. The average Bonchev–Trinajstić information content (AvgIpc) is 2.69. The van der Waals surface area contributed by atoms with E-state index < -0.39 is 0 Å². The molecule has 1 amide bonds. The summed E-state index contributed by atoms with van der Waals surface area (Å²) in [6.07, 6.45) is 0. The lowest BCUT2D eigenvalue weighted by atomic mass is 10.2. The summed E-state index contributed by atoms with van der Waals surface area (Å²) in [4.78, 5) is 14.2. The molecule has 0 spiro atoms. The molecule has 1 N–H and O–H groups in total. The Morgan fingerprint density at radius 1 is 1.37 bits per heavy atom. The molecule has 0 fully saturated rings. The van der Waals surface area contributed by atoms with E-state index in [1.807, 2.05) is 26.0 Å². The first-order valence-corrected chi connectivity index (χ1v) is 6.78. The van der Waals surface area contributed by atoms with Crippen LogP contribution in [0.25, 0.3) is 0 Å². The second kappa shape index (κ2) is 5.43. The molecule has 19 heavy (non-hydrogen) atoms. The van der Waals surface area contributed by atoms with Gasteiger partial charge in [-0.15, -0.1) is 11.3 Å². The molecule has 2 rings (SSSR count). The highest BCUT2D eigenvalue weighted by Gasteiger charge is 2.12. The van der Waals surface area contributed by atoms with Crippen LogP contribution in [-0.4, -0.2) is 5.91 Å². The molecule has 96 valence electrons. The number of thiophene rings is 1. The molecular weight excluding hydrogens is 280 g/mol. The fourth-order valence-electron chi connectivity index (χ4n) is 1.74. The first-order chi connectivity index (χ1) is 9.01. The molecule has 0 saturated heterocycles. The maximum atomic E-state index is 12.1. The van der Waals surface area contributed by atoms with Gasteiger partial charge in [0.25, 0.3) is 5.91 Å². The van der Waals surface area contributed by atoms with Gasteiger partial charge in [-0.3, -0.25) is 4.79 Å². The highest BCUT2D eigenvalue weighted by atomic mass is 35.5. The zero-order chi connectivity index (χ0) is 14.0. The molecule has 0 radical (unpaired) electrons. The van der Waals surface area contributed by atoms with Crippen LogP contribution in [0.2, 0.25) is 5.02 Å². The summed E-state index contributed by atoms with van der Waals surface area (Å²) in [6.45, 7) is 3.88. The zero-order valence-electron chi connectivity index (χ0n) is 10.5. The van der Waals surface area contributed by atoms with Crippen LogP contribution in [-0.2, 0) is 0 Å². The number of anilines is 1. The van der Waals surface area contributed by atoms with Crippen LogP contribution in [0.4, 0.5) is 5.69 Å². The highest BCUT2D eigenvalue weighted by molar-refractivity contribution is 7.12. The van der Waals surface area contributed by atoms with Gasteiger partial charge < -0.3 is 5.32 Å². The Balaban J connectivity index is 2.22. The van der Waals surface area contributed by atoms with Gasteiger partial charge in [-0.2, -0.15) is 5.26 Å². The van der Waals surface area contributed by atoms with Gasteiger partial charge in [0.2, 0.25) is 0 Å². The Morgan fingerprint density at radius 2 is 2.11 bits per heavy atom. The number of aryl methyl sites for hydroxylation is 2. The molecule has 0 aliphatic carbocycles.